The molecular formula is C19H26N6O. The van der Waals surface area contributed by atoms with Gasteiger partial charge < -0.3 is 9.80 Å². The van der Waals surface area contributed by atoms with Crippen LogP contribution >= 0.6 is 0 Å². The molecule has 0 unspecified atom stereocenters. The van der Waals surface area contributed by atoms with Crippen molar-refractivity contribution in [3.63, 3.8) is 0 Å². The van der Waals surface area contributed by atoms with Gasteiger partial charge >= 0.3 is 0 Å². The quantitative estimate of drug-likeness (QED) is 0.805. The Balaban J connectivity index is 1.28. The fraction of sp³-hybridized carbons (Fsp3) is 0.526. The van der Waals surface area contributed by atoms with Gasteiger partial charge in [-0.2, -0.15) is 5.10 Å². The van der Waals surface area contributed by atoms with Crippen molar-refractivity contribution in [1.82, 2.24) is 24.6 Å². The van der Waals surface area contributed by atoms with E-state index in [1.807, 2.05) is 52.4 Å². The Morgan fingerprint density at radius 2 is 1.96 bits per heavy atom. The highest BCUT2D eigenvalue weighted by Gasteiger charge is 2.29. The predicted molar refractivity (Wildman–Crippen MR) is 99.9 cm³/mol. The number of piperazine rings is 1. The van der Waals surface area contributed by atoms with Crippen LogP contribution in [0.2, 0.25) is 0 Å². The molecule has 2 aliphatic heterocycles. The summed E-state index contributed by atoms with van der Waals surface area (Å²) in [4.78, 5) is 23.8. The summed E-state index contributed by atoms with van der Waals surface area (Å²) in [6, 6.07) is 8.33. The van der Waals surface area contributed by atoms with E-state index in [0.29, 0.717) is 12.6 Å². The number of hydrogen-bond acceptors (Lipinski definition) is 5. The van der Waals surface area contributed by atoms with Gasteiger partial charge in [0.2, 0.25) is 5.91 Å². The minimum absolute atomic E-state index is 0.248. The van der Waals surface area contributed by atoms with Crippen LogP contribution in [0.25, 0.3) is 0 Å². The monoisotopic (exact) mass is 354 g/mol. The Hall–Kier alpha value is -2.41. The zero-order chi connectivity index (χ0) is 17.8. The van der Waals surface area contributed by atoms with E-state index in [1.54, 1.807) is 0 Å². The molecule has 0 radical (unpaired) electrons. The summed E-state index contributed by atoms with van der Waals surface area (Å²) in [5, 5.41) is 4.30. The molecule has 0 aliphatic carbocycles. The van der Waals surface area contributed by atoms with Crippen LogP contribution in [0.4, 0.5) is 5.82 Å². The minimum atomic E-state index is 0.248. The number of carbonyl (C=O) groups excluding carboxylic acids is 1. The lowest BCUT2D eigenvalue weighted by molar-refractivity contribution is -0.133. The molecule has 0 saturated carbocycles. The second-order valence-electron chi connectivity index (χ2n) is 7.05. The summed E-state index contributed by atoms with van der Waals surface area (Å²) in [5.41, 5.74) is 0. The number of likely N-dealkylation sites (tertiary alicyclic amines) is 1. The van der Waals surface area contributed by atoms with E-state index >= 15 is 0 Å². The van der Waals surface area contributed by atoms with Gasteiger partial charge in [0.15, 0.2) is 0 Å². The Bertz CT molecular complexity index is 696. The molecule has 1 atom stereocenters. The van der Waals surface area contributed by atoms with Crippen LogP contribution in [0.15, 0.2) is 42.9 Å². The maximum absolute atomic E-state index is 12.8. The second kappa shape index (κ2) is 7.86. The molecule has 2 aromatic heterocycles. The molecule has 2 aromatic rings. The maximum Gasteiger partial charge on any atom is 0.236 e. The van der Waals surface area contributed by atoms with Gasteiger partial charge in [-0.1, -0.05) is 6.07 Å². The molecule has 1 amide bonds. The van der Waals surface area contributed by atoms with Gasteiger partial charge in [-0.15, -0.1) is 0 Å². The zero-order valence-corrected chi connectivity index (χ0v) is 15.1. The fourth-order valence-electron chi connectivity index (χ4n) is 3.93. The van der Waals surface area contributed by atoms with Crippen molar-refractivity contribution < 1.29 is 4.79 Å². The first kappa shape index (κ1) is 17.0. The van der Waals surface area contributed by atoms with E-state index in [-0.39, 0.29) is 5.91 Å². The van der Waals surface area contributed by atoms with Gasteiger partial charge in [-0.05, 0) is 37.6 Å². The Morgan fingerprint density at radius 1 is 1.08 bits per heavy atom. The molecule has 138 valence electrons. The van der Waals surface area contributed by atoms with Crippen molar-refractivity contribution >= 4 is 11.7 Å². The van der Waals surface area contributed by atoms with Crippen molar-refractivity contribution in [3.05, 3.63) is 42.9 Å². The summed E-state index contributed by atoms with van der Waals surface area (Å²) >= 11 is 0. The van der Waals surface area contributed by atoms with Crippen LogP contribution in [-0.4, -0.2) is 75.8 Å². The van der Waals surface area contributed by atoms with Gasteiger partial charge in [0.05, 0.1) is 13.1 Å². The highest BCUT2D eigenvalue weighted by Crippen LogP contribution is 2.19. The van der Waals surface area contributed by atoms with Gasteiger partial charge in [0.1, 0.15) is 5.82 Å². The highest BCUT2D eigenvalue weighted by molar-refractivity contribution is 5.78. The average Bonchev–Trinajstić information content (AvgIpc) is 3.35. The van der Waals surface area contributed by atoms with E-state index in [0.717, 1.165) is 57.9 Å². The molecule has 0 aromatic carbocycles. The van der Waals surface area contributed by atoms with Crippen LogP contribution in [0.5, 0.6) is 0 Å². The molecule has 2 aliphatic rings. The first-order valence-corrected chi connectivity index (χ1v) is 9.45. The van der Waals surface area contributed by atoms with Crippen LogP contribution in [-0.2, 0) is 11.3 Å². The maximum atomic E-state index is 12.8. The highest BCUT2D eigenvalue weighted by atomic mass is 16.2. The van der Waals surface area contributed by atoms with Crippen molar-refractivity contribution in [2.75, 3.05) is 44.2 Å². The summed E-state index contributed by atoms with van der Waals surface area (Å²) in [6.45, 7) is 5.63. The van der Waals surface area contributed by atoms with Crippen LogP contribution in [0.1, 0.15) is 12.8 Å². The summed E-state index contributed by atoms with van der Waals surface area (Å²) < 4.78 is 1.97. The van der Waals surface area contributed by atoms with Crippen molar-refractivity contribution in [1.29, 1.82) is 0 Å². The first-order chi connectivity index (χ1) is 12.8. The van der Waals surface area contributed by atoms with E-state index < -0.39 is 0 Å². The smallest absolute Gasteiger partial charge is 0.236 e. The summed E-state index contributed by atoms with van der Waals surface area (Å²) in [7, 11) is 0. The zero-order valence-electron chi connectivity index (χ0n) is 15.1. The first-order valence-electron chi connectivity index (χ1n) is 9.45. The standard InChI is InChI=1S/C19H26N6O/c26-19(16-24-9-3-5-17(24)15-25-10-4-8-21-25)23-13-11-22(12-14-23)18-6-1-2-7-20-18/h1-2,4,6-8,10,17H,3,5,9,11-16H2/t17-/m1/s1. The minimum Gasteiger partial charge on any atom is -0.353 e. The van der Waals surface area contributed by atoms with Crippen LogP contribution in [0, 0.1) is 0 Å². The van der Waals surface area contributed by atoms with Gasteiger partial charge in [-0.25, -0.2) is 4.98 Å². The third-order valence-corrected chi connectivity index (χ3v) is 5.40. The van der Waals surface area contributed by atoms with Gasteiger partial charge in [0, 0.05) is 50.8 Å². The van der Waals surface area contributed by atoms with Gasteiger partial charge in [-0.3, -0.25) is 14.4 Å². The second-order valence-corrected chi connectivity index (χ2v) is 7.05. The average molecular weight is 354 g/mol. The van der Waals surface area contributed by atoms with E-state index in [2.05, 4.69) is 19.9 Å². The summed E-state index contributed by atoms with van der Waals surface area (Å²) in [6.07, 6.45) is 7.92. The Labute approximate surface area is 154 Å². The lowest BCUT2D eigenvalue weighted by atomic mass is 10.2. The number of carbonyl (C=O) groups is 1. The normalized spacial score (nSPS) is 21.3. The fourth-order valence-corrected chi connectivity index (χ4v) is 3.93. The van der Waals surface area contributed by atoms with E-state index in [9.17, 15) is 4.79 Å². The number of amides is 1. The van der Waals surface area contributed by atoms with Crippen LogP contribution < -0.4 is 4.90 Å². The molecule has 2 saturated heterocycles. The molecule has 2 fully saturated rings. The molecule has 0 N–H and O–H groups in total. The molecule has 0 spiro atoms. The predicted octanol–water partition coefficient (Wildman–Crippen LogP) is 1.09. The lowest BCUT2D eigenvalue weighted by Gasteiger charge is -2.36. The van der Waals surface area contributed by atoms with E-state index in [4.69, 9.17) is 0 Å². The van der Waals surface area contributed by atoms with E-state index in [1.165, 1.54) is 0 Å². The number of rotatable bonds is 5. The van der Waals surface area contributed by atoms with Crippen molar-refractivity contribution in [3.8, 4) is 0 Å². The largest absolute Gasteiger partial charge is 0.353 e. The number of nitrogens with zero attached hydrogens (tertiary/aromatic N) is 6. The number of anilines is 1. The topological polar surface area (TPSA) is 57.5 Å². The third kappa shape index (κ3) is 3.88. The molecule has 7 nitrogen and oxygen atoms in total. The molecule has 4 rings (SSSR count). The Kier molecular flexibility index (Phi) is 5.15. The van der Waals surface area contributed by atoms with Gasteiger partial charge in [0.25, 0.3) is 0 Å². The Morgan fingerprint density at radius 3 is 2.69 bits per heavy atom. The number of aromatic nitrogens is 3. The molecule has 26 heavy (non-hydrogen) atoms. The lowest BCUT2D eigenvalue weighted by Crippen LogP contribution is -2.52. The molecule has 7 heteroatoms. The molecule has 0 bridgehead atoms. The molecule has 4 heterocycles. The van der Waals surface area contributed by atoms with Crippen LogP contribution in [0.3, 0.4) is 0 Å². The van der Waals surface area contributed by atoms with Crippen molar-refractivity contribution in [2.24, 2.45) is 0 Å². The number of hydrogen-bond donors (Lipinski definition) is 0. The van der Waals surface area contributed by atoms with Crippen molar-refractivity contribution in [2.45, 2.75) is 25.4 Å². The number of pyridine rings is 1. The molecular weight excluding hydrogens is 328 g/mol. The summed E-state index contributed by atoms with van der Waals surface area (Å²) in [5.74, 6) is 1.25. The third-order valence-electron chi connectivity index (χ3n) is 5.40. The SMILES string of the molecule is O=C(CN1CCC[C@@H]1Cn1cccn1)N1CCN(c2ccccn2)CC1.